The van der Waals surface area contributed by atoms with Gasteiger partial charge in [0.1, 0.15) is 5.75 Å². The molecule has 0 amide bonds. The minimum atomic E-state index is -0.167. The first kappa shape index (κ1) is 17.5. The smallest absolute Gasteiger partial charge is 0.207 e. The van der Waals surface area contributed by atoms with E-state index in [1.807, 2.05) is 24.3 Å². The maximum atomic E-state index is 12.2. The average molecular weight is 327 g/mol. The number of hydrogen-bond donors (Lipinski definition) is 0. The first-order valence-electron chi connectivity index (χ1n) is 7.57. The predicted molar refractivity (Wildman–Crippen MR) is 93.9 cm³/mol. The van der Waals surface area contributed by atoms with E-state index in [0.717, 1.165) is 5.56 Å². The second-order valence-corrected chi connectivity index (χ2v) is 5.04. The van der Waals surface area contributed by atoms with Gasteiger partial charge < -0.3 is 14.2 Å². The molecule has 126 valence electrons. The Morgan fingerprint density at radius 3 is 2.38 bits per heavy atom. The van der Waals surface area contributed by atoms with Crippen LogP contribution in [0.3, 0.4) is 0 Å². The largest absolute Gasteiger partial charge is 0.496 e. The first-order valence-corrected chi connectivity index (χ1v) is 7.57. The van der Waals surface area contributed by atoms with Crippen LogP contribution in [-0.4, -0.2) is 39.9 Å². The fourth-order valence-electron chi connectivity index (χ4n) is 2.29. The van der Waals surface area contributed by atoms with Crippen molar-refractivity contribution in [2.45, 2.75) is 6.42 Å². The Bertz CT molecular complexity index is 725. The van der Waals surface area contributed by atoms with Crippen molar-refractivity contribution in [1.82, 2.24) is 0 Å². The van der Waals surface area contributed by atoms with Crippen LogP contribution >= 0.6 is 0 Å². The molecule has 2 rings (SSSR count). The van der Waals surface area contributed by atoms with E-state index < -0.39 is 0 Å². The van der Waals surface area contributed by atoms with E-state index in [-0.39, 0.29) is 5.78 Å². The van der Waals surface area contributed by atoms with Gasteiger partial charge in [0.25, 0.3) is 0 Å². The summed E-state index contributed by atoms with van der Waals surface area (Å²) in [5.41, 5.74) is 1.57. The summed E-state index contributed by atoms with van der Waals surface area (Å²) < 4.78 is 15.7. The summed E-state index contributed by atoms with van der Waals surface area (Å²) in [5.74, 6) is 1.76. The minimum Gasteiger partial charge on any atom is -0.496 e. The first-order chi connectivity index (χ1) is 11.7. The van der Waals surface area contributed by atoms with Crippen LogP contribution in [0.1, 0.15) is 15.9 Å². The number of carbonyl (C=O) groups is 1. The fraction of sp³-hybridized carbons (Fsp3) is 0.263. The van der Waals surface area contributed by atoms with Gasteiger partial charge in [0, 0.05) is 6.54 Å². The summed E-state index contributed by atoms with van der Waals surface area (Å²) in [4.78, 5) is 16.4. The van der Waals surface area contributed by atoms with Crippen molar-refractivity contribution in [3.63, 3.8) is 0 Å². The number of hydrogen-bond acceptors (Lipinski definition) is 5. The quantitative estimate of drug-likeness (QED) is 0.552. The average Bonchev–Trinajstić information content (AvgIpc) is 2.64. The van der Waals surface area contributed by atoms with Crippen molar-refractivity contribution in [3.05, 3.63) is 53.6 Å². The lowest BCUT2D eigenvalue weighted by atomic mass is 10.1. The Balaban J connectivity index is 1.96. The van der Waals surface area contributed by atoms with Gasteiger partial charge in [-0.05, 0) is 36.2 Å². The molecule has 0 aromatic heterocycles. The van der Waals surface area contributed by atoms with E-state index in [0.29, 0.717) is 35.8 Å². The Kier molecular flexibility index (Phi) is 6.37. The van der Waals surface area contributed by atoms with Crippen LogP contribution in [0.5, 0.6) is 17.2 Å². The zero-order valence-corrected chi connectivity index (χ0v) is 14.1. The molecule has 5 nitrogen and oxygen atoms in total. The zero-order chi connectivity index (χ0) is 17.4. The number of rotatable bonds is 8. The highest BCUT2D eigenvalue weighted by atomic mass is 16.5. The molecule has 0 bridgehead atoms. The molecule has 2 aromatic rings. The van der Waals surface area contributed by atoms with Crippen molar-refractivity contribution >= 4 is 12.0 Å². The monoisotopic (exact) mass is 327 g/mol. The zero-order valence-electron chi connectivity index (χ0n) is 14.1. The van der Waals surface area contributed by atoms with Gasteiger partial charge in [-0.2, -0.15) is 0 Å². The molecule has 0 radical (unpaired) electrons. The molecular formula is C19H21NO4. The van der Waals surface area contributed by atoms with Crippen molar-refractivity contribution < 1.29 is 19.0 Å². The van der Waals surface area contributed by atoms with E-state index in [1.165, 1.54) is 6.21 Å². The van der Waals surface area contributed by atoms with Crippen LogP contribution in [-0.2, 0) is 6.42 Å². The van der Waals surface area contributed by atoms with Gasteiger partial charge in [0.15, 0.2) is 11.5 Å². The molecule has 0 fully saturated rings. The Morgan fingerprint density at radius 2 is 1.67 bits per heavy atom. The van der Waals surface area contributed by atoms with Crippen LogP contribution in [0.4, 0.5) is 0 Å². The molecule has 0 aliphatic heterocycles. The maximum absolute atomic E-state index is 12.2. The number of nitrogens with zero attached hydrogens (tertiary/aromatic N) is 1. The molecule has 0 spiro atoms. The van der Waals surface area contributed by atoms with Crippen molar-refractivity contribution in [2.24, 2.45) is 4.99 Å². The third-order valence-corrected chi connectivity index (χ3v) is 3.56. The molecular weight excluding hydrogens is 306 g/mol. The summed E-state index contributed by atoms with van der Waals surface area (Å²) in [6.45, 7) is 0.510. The number of para-hydroxylation sites is 1. The lowest BCUT2D eigenvalue weighted by molar-refractivity contribution is 0.106. The van der Waals surface area contributed by atoms with E-state index in [2.05, 4.69) is 4.99 Å². The van der Waals surface area contributed by atoms with E-state index in [1.54, 1.807) is 39.5 Å². The Labute approximate surface area is 141 Å². The molecule has 0 aliphatic rings. The van der Waals surface area contributed by atoms with E-state index in [9.17, 15) is 4.79 Å². The van der Waals surface area contributed by atoms with Crippen LogP contribution in [0.15, 0.2) is 47.5 Å². The van der Waals surface area contributed by atoms with Gasteiger partial charge >= 0.3 is 0 Å². The van der Waals surface area contributed by atoms with Gasteiger partial charge in [-0.15, -0.1) is 0 Å². The standard InChI is InChI=1S/C19H21NO4/c1-22-17-7-5-4-6-15(17)16(21)13-20-11-10-14-8-9-18(23-2)19(12-14)24-3/h4-9,12-13H,10-11H2,1-3H3/b20-13-. The molecule has 0 atom stereocenters. The van der Waals surface area contributed by atoms with Crippen LogP contribution in [0.2, 0.25) is 0 Å². The van der Waals surface area contributed by atoms with Gasteiger partial charge in [-0.3, -0.25) is 9.79 Å². The van der Waals surface area contributed by atoms with Gasteiger partial charge in [-0.25, -0.2) is 0 Å². The lowest BCUT2D eigenvalue weighted by Gasteiger charge is -2.08. The predicted octanol–water partition coefficient (Wildman–Crippen LogP) is 3.21. The minimum absolute atomic E-state index is 0.167. The lowest BCUT2D eigenvalue weighted by Crippen LogP contribution is -2.04. The second kappa shape index (κ2) is 8.72. The summed E-state index contributed by atoms with van der Waals surface area (Å²) in [5, 5.41) is 0. The summed E-state index contributed by atoms with van der Waals surface area (Å²) in [6, 6.07) is 12.8. The Hall–Kier alpha value is -2.82. The van der Waals surface area contributed by atoms with E-state index >= 15 is 0 Å². The SMILES string of the molecule is COc1ccc(CC/N=C\C(=O)c2ccccc2OC)cc1OC. The van der Waals surface area contributed by atoms with E-state index in [4.69, 9.17) is 14.2 Å². The summed E-state index contributed by atoms with van der Waals surface area (Å²) in [6.07, 6.45) is 2.05. The summed E-state index contributed by atoms with van der Waals surface area (Å²) >= 11 is 0. The van der Waals surface area contributed by atoms with Gasteiger partial charge in [0.2, 0.25) is 5.78 Å². The van der Waals surface area contributed by atoms with Crippen LogP contribution in [0, 0.1) is 0 Å². The second-order valence-electron chi connectivity index (χ2n) is 5.04. The molecule has 2 aromatic carbocycles. The highest BCUT2D eigenvalue weighted by molar-refractivity contribution is 6.36. The number of Topliss-reactive ketones (excluding diaryl/α,β-unsaturated/α-hetero) is 1. The van der Waals surface area contributed by atoms with Crippen molar-refractivity contribution in [3.8, 4) is 17.2 Å². The molecule has 24 heavy (non-hydrogen) atoms. The highest BCUT2D eigenvalue weighted by Crippen LogP contribution is 2.27. The van der Waals surface area contributed by atoms with Gasteiger partial charge in [-0.1, -0.05) is 18.2 Å². The number of ether oxygens (including phenoxy) is 3. The molecule has 0 saturated carbocycles. The molecule has 0 aliphatic carbocycles. The highest BCUT2D eigenvalue weighted by Gasteiger charge is 2.08. The van der Waals surface area contributed by atoms with Gasteiger partial charge in [0.05, 0.1) is 33.1 Å². The molecule has 0 unspecified atom stereocenters. The maximum Gasteiger partial charge on any atom is 0.207 e. The molecule has 0 N–H and O–H groups in total. The number of benzene rings is 2. The fourth-order valence-corrected chi connectivity index (χ4v) is 2.29. The molecule has 0 heterocycles. The normalized spacial score (nSPS) is 10.6. The van der Waals surface area contributed by atoms with Crippen molar-refractivity contribution in [2.75, 3.05) is 27.9 Å². The Morgan fingerprint density at radius 1 is 0.958 bits per heavy atom. The third-order valence-electron chi connectivity index (χ3n) is 3.56. The third kappa shape index (κ3) is 4.35. The van der Waals surface area contributed by atoms with Crippen LogP contribution < -0.4 is 14.2 Å². The molecule has 5 heteroatoms. The number of methoxy groups -OCH3 is 3. The number of ketones is 1. The summed E-state index contributed by atoms with van der Waals surface area (Å²) in [7, 11) is 4.75. The van der Waals surface area contributed by atoms with Crippen molar-refractivity contribution in [1.29, 1.82) is 0 Å². The topological polar surface area (TPSA) is 57.1 Å². The number of aliphatic imine (C=N–C) groups is 1. The molecule has 0 saturated heterocycles. The number of carbonyl (C=O) groups excluding carboxylic acids is 1. The van der Waals surface area contributed by atoms with Crippen LogP contribution in [0.25, 0.3) is 0 Å².